The van der Waals surface area contributed by atoms with Gasteiger partial charge in [-0.15, -0.1) is 0 Å². The van der Waals surface area contributed by atoms with Gasteiger partial charge in [0.1, 0.15) is 5.01 Å². The van der Waals surface area contributed by atoms with Crippen LogP contribution in [0.3, 0.4) is 0 Å². The quantitative estimate of drug-likeness (QED) is 0.686. The molecule has 0 atom stereocenters. The molecule has 7 heteroatoms. The molecule has 0 spiro atoms. The van der Waals surface area contributed by atoms with Crippen LogP contribution in [0.25, 0.3) is 21.0 Å². The van der Waals surface area contributed by atoms with Gasteiger partial charge in [0.15, 0.2) is 22.1 Å². The summed E-state index contributed by atoms with van der Waals surface area (Å²) in [6, 6.07) is 1.97. The lowest BCUT2D eigenvalue weighted by Crippen LogP contribution is -1.94. The molecule has 2 aromatic heterocycles. The van der Waals surface area contributed by atoms with Crippen molar-refractivity contribution in [3.8, 4) is 10.6 Å². The lowest BCUT2D eigenvalue weighted by molar-refractivity contribution is 0.509. The summed E-state index contributed by atoms with van der Waals surface area (Å²) >= 11 is 1.23. The number of rotatable bonds is 1. The van der Waals surface area contributed by atoms with Crippen LogP contribution >= 0.6 is 11.3 Å². The Kier molecular flexibility index (Phi) is 2.41. The van der Waals surface area contributed by atoms with E-state index in [1.54, 1.807) is 6.20 Å². The third kappa shape index (κ3) is 1.68. The largest absolute Gasteiger partial charge is 0.398 e. The number of nitrogens with two attached hydrogens (primary N) is 1. The smallest absolute Gasteiger partial charge is 0.190 e. The van der Waals surface area contributed by atoms with Gasteiger partial charge in [-0.2, -0.15) is 0 Å². The van der Waals surface area contributed by atoms with Crippen molar-refractivity contribution in [3.63, 3.8) is 0 Å². The lowest BCUT2D eigenvalue weighted by Gasteiger charge is -2.02. The van der Waals surface area contributed by atoms with Gasteiger partial charge < -0.3 is 5.73 Å². The fraction of sp³-hybridized carbons (Fsp3) is 0. The number of fused-ring (bicyclic) bond motifs is 1. The number of thiazole rings is 1. The van der Waals surface area contributed by atoms with Gasteiger partial charge in [0.25, 0.3) is 0 Å². The number of nitrogen functional groups attached to an aromatic ring is 1. The molecule has 4 nitrogen and oxygen atoms in total. The van der Waals surface area contributed by atoms with Crippen LogP contribution in [0.1, 0.15) is 0 Å². The van der Waals surface area contributed by atoms with Crippen molar-refractivity contribution in [2.45, 2.75) is 0 Å². The second-order valence-corrected chi connectivity index (χ2v) is 4.54. The molecule has 90 valence electrons. The fourth-order valence-electron chi connectivity index (χ4n) is 1.54. The van der Waals surface area contributed by atoms with Gasteiger partial charge in [-0.25, -0.2) is 23.7 Å². The molecule has 0 saturated heterocycles. The molecule has 0 bridgehead atoms. The Balaban J connectivity index is 2.22. The molecular weight excluding hydrogens is 258 g/mol. The van der Waals surface area contributed by atoms with E-state index >= 15 is 0 Å². The molecule has 0 radical (unpaired) electrons. The van der Waals surface area contributed by atoms with Crippen LogP contribution in [0, 0.1) is 11.6 Å². The highest BCUT2D eigenvalue weighted by Crippen LogP contribution is 2.32. The van der Waals surface area contributed by atoms with E-state index in [1.807, 2.05) is 0 Å². The predicted molar refractivity (Wildman–Crippen MR) is 65.0 cm³/mol. The molecular formula is C11H6F2N4S. The standard InChI is InChI=1S/C11H6F2N4S/c12-6-3-5(8(14)4-7(6)13)10-17-9-11(18-10)16-2-1-15-9/h1-4H,14H2. The van der Waals surface area contributed by atoms with Crippen LogP contribution in [0.5, 0.6) is 0 Å². The molecule has 3 rings (SSSR count). The Morgan fingerprint density at radius 3 is 2.56 bits per heavy atom. The molecule has 18 heavy (non-hydrogen) atoms. The molecule has 0 unspecified atom stereocenters. The maximum absolute atomic E-state index is 13.2. The first-order chi connectivity index (χ1) is 8.65. The second kappa shape index (κ2) is 3.95. The summed E-state index contributed by atoms with van der Waals surface area (Å²) in [5.74, 6) is -1.94. The molecule has 2 heterocycles. The Morgan fingerprint density at radius 1 is 1.06 bits per heavy atom. The van der Waals surface area contributed by atoms with Crippen LogP contribution in [0.2, 0.25) is 0 Å². The average molecular weight is 264 g/mol. The molecule has 0 fully saturated rings. The minimum Gasteiger partial charge on any atom is -0.398 e. The van der Waals surface area contributed by atoms with Crippen LogP contribution < -0.4 is 5.73 Å². The van der Waals surface area contributed by atoms with Crippen molar-refractivity contribution in [2.75, 3.05) is 5.73 Å². The molecule has 0 amide bonds. The SMILES string of the molecule is Nc1cc(F)c(F)cc1-c1nc2nccnc2s1. The lowest BCUT2D eigenvalue weighted by atomic mass is 10.2. The normalized spacial score (nSPS) is 11.0. The summed E-state index contributed by atoms with van der Waals surface area (Å²) < 4.78 is 26.2. The van der Waals surface area contributed by atoms with Crippen molar-refractivity contribution in [3.05, 3.63) is 36.2 Å². The minimum atomic E-state index is -0.978. The second-order valence-electron chi connectivity index (χ2n) is 3.56. The van der Waals surface area contributed by atoms with Gasteiger partial charge in [-0.05, 0) is 6.07 Å². The summed E-state index contributed by atoms with van der Waals surface area (Å²) in [6.45, 7) is 0. The molecule has 0 aliphatic heterocycles. The topological polar surface area (TPSA) is 64.7 Å². The Morgan fingerprint density at radius 2 is 1.78 bits per heavy atom. The van der Waals surface area contributed by atoms with Crippen LogP contribution in [-0.4, -0.2) is 15.0 Å². The third-order valence-electron chi connectivity index (χ3n) is 2.37. The zero-order valence-corrected chi connectivity index (χ0v) is 9.71. The van der Waals surface area contributed by atoms with Gasteiger partial charge >= 0.3 is 0 Å². The molecule has 3 aromatic rings. The van der Waals surface area contributed by atoms with E-state index in [1.165, 1.54) is 17.5 Å². The summed E-state index contributed by atoms with van der Waals surface area (Å²) in [5.41, 5.74) is 6.60. The molecule has 0 aliphatic carbocycles. The maximum atomic E-state index is 13.2. The number of aromatic nitrogens is 3. The predicted octanol–water partition coefficient (Wildman–Crippen LogP) is 2.61. The van der Waals surface area contributed by atoms with Gasteiger partial charge in [0.05, 0.1) is 0 Å². The number of halogens is 2. The highest BCUT2D eigenvalue weighted by Gasteiger charge is 2.14. The summed E-state index contributed by atoms with van der Waals surface area (Å²) in [7, 11) is 0. The van der Waals surface area contributed by atoms with Crippen LogP contribution in [-0.2, 0) is 0 Å². The van der Waals surface area contributed by atoms with E-state index in [0.29, 0.717) is 21.0 Å². The van der Waals surface area contributed by atoms with Gasteiger partial charge in [-0.1, -0.05) is 11.3 Å². The fourth-order valence-corrected chi connectivity index (χ4v) is 2.45. The summed E-state index contributed by atoms with van der Waals surface area (Å²) in [4.78, 5) is 12.9. The van der Waals surface area contributed by atoms with E-state index in [4.69, 9.17) is 5.73 Å². The number of benzene rings is 1. The van der Waals surface area contributed by atoms with Crippen molar-refractivity contribution in [1.29, 1.82) is 0 Å². The molecule has 0 aliphatic rings. The van der Waals surface area contributed by atoms with E-state index in [2.05, 4.69) is 15.0 Å². The number of hydrogen-bond acceptors (Lipinski definition) is 5. The highest BCUT2D eigenvalue weighted by molar-refractivity contribution is 7.21. The van der Waals surface area contributed by atoms with Gasteiger partial charge in [0.2, 0.25) is 0 Å². The van der Waals surface area contributed by atoms with Gasteiger partial charge in [-0.3, -0.25) is 0 Å². The monoisotopic (exact) mass is 264 g/mol. The zero-order chi connectivity index (χ0) is 12.7. The van der Waals surface area contributed by atoms with E-state index < -0.39 is 11.6 Å². The number of nitrogens with zero attached hydrogens (tertiary/aromatic N) is 3. The van der Waals surface area contributed by atoms with Crippen molar-refractivity contribution in [1.82, 2.24) is 15.0 Å². The van der Waals surface area contributed by atoms with Crippen molar-refractivity contribution < 1.29 is 8.78 Å². The number of hydrogen-bond donors (Lipinski definition) is 1. The first-order valence-corrected chi connectivity index (χ1v) is 5.79. The van der Waals surface area contributed by atoms with Gasteiger partial charge in [0, 0.05) is 29.7 Å². The Hall–Kier alpha value is -2.15. The number of anilines is 1. The van der Waals surface area contributed by atoms with Crippen LogP contribution in [0.15, 0.2) is 24.5 Å². The van der Waals surface area contributed by atoms with Crippen molar-refractivity contribution in [2.24, 2.45) is 0 Å². The average Bonchev–Trinajstić information content (AvgIpc) is 2.77. The first-order valence-electron chi connectivity index (χ1n) is 4.97. The van der Waals surface area contributed by atoms with Crippen molar-refractivity contribution >= 4 is 27.5 Å². The van der Waals surface area contributed by atoms with E-state index in [0.717, 1.165) is 12.1 Å². The highest BCUT2D eigenvalue weighted by atomic mass is 32.1. The summed E-state index contributed by atoms with van der Waals surface area (Å²) in [6.07, 6.45) is 3.05. The van der Waals surface area contributed by atoms with Crippen LogP contribution in [0.4, 0.5) is 14.5 Å². The minimum absolute atomic E-state index is 0.132. The van der Waals surface area contributed by atoms with E-state index in [-0.39, 0.29) is 5.69 Å². The molecule has 2 N–H and O–H groups in total. The summed E-state index contributed by atoms with van der Waals surface area (Å²) in [5, 5.41) is 0.465. The zero-order valence-electron chi connectivity index (χ0n) is 8.89. The maximum Gasteiger partial charge on any atom is 0.190 e. The first kappa shape index (κ1) is 11.0. The third-order valence-corrected chi connectivity index (χ3v) is 3.36. The molecule has 0 saturated carbocycles. The Bertz CT molecular complexity index is 708. The Labute approximate surface area is 104 Å². The molecule has 1 aromatic carbocycles. The van der Waals surface area contributed by atoms with E-state index in [9.17, 15) is 8.78 Å².